The molecule has 0 saturated carbocycles. The molecule has 1 fully saturated rings. The summed E-state index contributed by atoms with van der Waals surface area (Å²) in [7, 11) is 0. The van der Waals surface area contributed by atoms with Gasteiger partial charge in [0.2, 0.25) is 11.8 Å². The summed E-state index contributed by atoms with van der Waals surface area (Å²) in [4.78, 5) is 24.5. The third-order valence-electron chi connectivity index (χ3n) is 2.44. The standard InChI is InChI=1S/C10H17FN2O2/c1-10(2,3)8-9(15)12-6-7(14)13(8)5-4-11/h8H,4-6H2,1-3H3,(H,12,15). The Morgan fingerprint density at radius 1 is 1.47 bits per heavy atom. The lowest BCUT2D eigenvalue weighted by Crippen LogP contribution is -2.63. The van der Waals surface area contributed by atoms with E-state index in [9.17, 15) is 14.0 Å². The highest BCUT2D eigenvalue weighted by atomic mass is 19.1. The Labute approximate surface area is 88.8 Å². The van der Waals surface area contributed by atoms with E-state index in [4.69, 9.17) is 0 Å². The number of hydrogen-bond acceptors (Lipinski definition) is 2. The van der Waals surface area contributed by atoms with Gasteiger partial charge in [0.15, 0.2) is 0 Å². The summed E-state index contributed by atoms with van der Waals surface area (Å²) < 4.78 is 12.3. The molecule has 0 aromatic rings. The first-order valence-electron chi connectivity index (χ1n) is 5.01. The molecule has 1 rings (SSSR count). The molecule has 0 radical (unpaired) electrons. The molecule has 0 aromatic heterocycles. The molecule has 0 aromatic carbocycles. The summed E-state index contributed by atoms with van der Waals surface area (Å²) in [5.41, 5.74) is -0.380. The van der Waals surface area contributed by atoms with Gasteiger partial charge in [0.1, 0.15) is 12.7 Å². The van der Waals surface area contributed by atoms with Crippen LogP contribution in [0.15, 0.2) is 0 Å². The van der Waals surface area contributed by atoms with E-state index in [0.29, 0.717) is 0 Å². The van der Waals surface area contributed by atoms with E-state index in [0.717, 1.165) is 0 Å². The Balaban J connectivity index is 2.93. The number of piperazine rings is 1. The van der Waals surface area contributed by atoms with E-state index in [1.807, 2.05) is 20.8 Å². The zero-order chi connectivity index (χ0) is 11.6. The van der Waals surface area contributed by atoms with E-state index >= 15 is 0 Å². The van der Waals surface area contributed by atoms with Crippen molar-refractivity contribution in [3.05, 3.63) is 0 Å². The fourth-order valence-corrected chi connectivity index (χ4v) is 1.85. The third kappa shape index (κ3) is 2.46. The molecule has 15 heavy (non-hydrogen) atoms. The Morgan fingerprint density at radius 2 is 2.07 bits per heavy atom. The molecular weight excluding hydrogens is 199 g/mol. The molecule has 1 unspecified atom stereocenters. The smallest absolute Gasteiger partial charge is 0.243 e. The van der Waals surface area contributed by atoms with Gasteiger partial charge in [-0.25, -0.2) is 4.39 Å². The Bertz CT molecular complexity index is 273. The minimum atomic E-state index is -0.619. The number of rotatable bonds is 2. The van der Waals surface area contributed by atoms with Gasteiger partial charge in [-0.05, 0) is 5.41 Å². The van der Waals surface area contributed by atoms with Crippen molar-refractivity contribution >= 4 is 11.8 Å². The largest absolute Gasteiger partial charge is 0.345 e. The molecule has 1 saturated heterocycles. The summed E-state index contributed by atoms with van der Waals surface area (Å²) in [5, 5.41) is 2.52. The van der Waals surface area contributed by atoms with E-state index in [1.165, 1.54) is 4.90 Å². The zero-order valence-corrected chi connectivity index (χ0v) is 9.34. The summed E-state index contributed by atoms with van der Waals surface area (Å²) in [5.74, 6) is -0.414. The van der Waals surface area contributed by atoms with Gasteiger partial charge >= 0.3 is 0 Å². The molecule has 86 valence electrons. The lowest BCUT2D eigenvalue weighted by Gasteiger charge is -2.41. The van der Waals surface area contributed by atoms with Crippen LogP contribution in [0.1, 0.15) is 20.8 Å². The number of nitrogens with zero attached hydrogens (tertiary/aromatic N) is 1. The molecule has 0 spiro atoms. The minimum absolute atomic E-state index is 0.00576. The van der Waals surface area contributed by atoms with Gasteiger partial charge in [0.05, 0.1) is 6.54 Å². The summed E-state index contributed by atoms with van der Waals surface area (Å²) in [6.07, 6.45) is 0. The van der Waals surface area contributed by atoms with Gasteiger partial charge < -0.3 is 10.2 Å². The fraction of sp³-hybridized carbons (Fsp3) is 0.800. The van der Waals surface area contributed by atoms with Crippen molar-refractivity contribution in [2.75, 3.05) is 19.8 Å². The van der Waals surface area contributed by atoms with Crippen LogP contribution < -0.4 is 5.32 Å². The molecule has 1 atom stereocenters. The second kappa shape index (κ2) is 4.16. The van der Waals surface area contributed by atoms with E-state index in [2.05, 4.69) is 5.32 Å². The highest BCUT2D eigenvalue weighted by Crippen LogP contribution is 2.26. The third-order valence-corrected chi connectivity index (χ3v) is 2.44. The molecule has 0 bridgehead atoms. The van der Waals surface area contributed by atoms with Crippen LogP contribution in [0.25, 0.3) is 0 Å². The lowest BCUT2D eigenvalue weighted by atomic mass is 9.84. The maximum Gasteiger partial charge on any atom is 0.243 e. The first-order chi connectivity index (χ1) is 6.88. The molecule has 1 heterocycles. The van der Waals surface area contributed by atoms with Gasteiger partial charge in [0.25, 0.3) is 0 Å². The van der Waals surface area contributed by atoms with Crippen LogP contribution in [0, 0.1) is 5.41 Å². The maximum atomic E-state index is 12.3. The quantitative estimate of drug-likeness (QED) is 0.723. The minimum Gasteiger partial charge on any atom is -0.345 e. The van der Waals surface area contributed by atoms with Crippen LogP contribution in [-0.4, -0.2) is 42.5 Å². The zero-order valence-electron chi connectivity index (χ0n) is 9.34. The van der Waals surface area contributed by atoms with E-state index < -0.39 is 12.7 Å². The van der Waals surface area contributed by atoms with Crippen molar-refractivity contribution in [2.45, 2.75) is 26.8 Å². The van der Waals surface area contributed by atoms with Crippen molar-refractivity contribution in [3.8, 4) is 0 Å². The number of carbonyl (C=O) groups excluding carboxylic acids is 2. The predicted molar refractivity (Wildman–Crippen MR) is 53.9 cm³/mol. The Morgan fingerprint density at radius 3 is 2.53 bits per heavy atom. The second-order valence-corrected chi connectivity index (χ2v) is 4.76. The fourth-order valence-electron chi connectivity index (χ4n) is 1.85. The first kappa shape index (κ1) is 11.9. The van der Waals surface area contributed by atoms with Gasteiger partial charge in [-0.2, -0.15) is 0 Å². The van der Waals surface area contributed by atoms with Gasteiger partial charge in [-0.1, -0.05) is 20.8 Å². The van der Waals surface area contributed by atoms with Gasteiger partial charge in [-0.15, -0.1) is 0 Å². The van der Waals surface area contributed by atoms with Crippen molar-refractivity contribution in [1.29, 1.82) is 0 Å². The van der Waals surface area contributed by atoms with E-state index in [-0.39, 0.29) is 30.3 Å². The molecule has 0 aliphatic carbocycles. The maximum absolute atomic E-state index is 12.3. The molecule has 4 nitrogen and oxygen atoms in total. The predicted octanol–water partition coefficient (Wildman–Crippen LogP) is 0.329. The van der Waals surface area contributed by atoms with Crippen LogP contribution in [0.4, 0.5) is 4.39 Å². The molecule has 1 N–H and O–H groups in total. The number of carbonyl (C=O) groups is 2. The first-order valence-corrected chi connectivity index (χ1v) is 5.01. The average molecular weight is 216 g/mol. The monoisotopic (exact) mass is 216 g/mol. The molecule has 2 amide bonds. The molecule has 5 heteroatoms. The highest BCUT2D eigenvalue weighted by molar-refractivity contribution is 5.95. The molecule has 1 aliphatic heterocycles. The normalized spacial score (nSPS) is 22.9. The molecule has 1 aliphatic rings. The number of amides is 2. The summed E-state index contributed by atoms with van der Waals surface area (Å²) in [6.45, 7) is 4.94. The van der Waals surface area contributed by atoms with Crippen LogP contribution >= 0.6 is 0 Å². The van der Waals surface area contributed by atoms with Crippen molar-refractivity contribution in [1.82, 2.24) is 10.2 Å². The van der Waals surface area contributed by atoms with E-state index in [1.54, 1.807) is 0 Å². The van der Waals surface area contributed by atoms with Crippen molar-refractivity contribution in [3.63, 3.8) is 0 Å². The van der Waals surface area contributed by atoms with Crippen molar-refractivity contribution < 1.29 is 14.0 Å². The van der Waals surface area contributed by atoms with Crippen LogP contribution in [0.3, 0.4) is 0 Å². The summed E-state index contributed by atoms with van der Waals surface area (Å²) in [6, 6.07) is -0.575. The number of alkyl halides is 1. The Hall–Kier alpha value is -1.13. The van der Waals surface area contributed by atoms with Crippen LogP contribution in [-0.2, 0) is 9.59 Å². The number of halogens is 1. The van der Waals surface area contributed by atoms with Crippen LogP contribution in [0.2, 0.25) is 0 Å². The van der Waals surface area contributed by atoms with Crippen molar-refractivity contribution in [2.24, 2.45) is 5.41 Å². The number of hydrogen-bond donors (Lipinski definition) is 1. The second-order valence-electron chi connectivity index (χ2n) is 4.76. The average Bonchev–Trinajstić information content (AvgIpc) is 2.09. The lowest BCUT2D eigenvalue weighted by molar-refractivity contribution is -0.150. The Kier molecular flexibility index (Phi) is 3.31. The SMILES string of the molecule is CC(C)(C)C1C(=O)NCC(=O)N1CCF. The highest BCUT2D eigenvalue weighted by Gasteiger charge is 2.41. The summed E-state index contributed by atoms with van der Waals surface area (Å²) >= 11 is 0. The van der Waals surface area contributed by atoms with Gasteiger partial charge in [0, 0.05) is 6.54 Å². The number of nitrogens with one attached hydrogen (secondary N) is 1. The molecular formula is C10H17FN2O2. The topological polar surface area (TPSA) is 49.4 Å². The van der Waals surface area contributed by atoms with Gasteiger partial charge in [-0.3, -0.25) is 9.59 Å². The van der Waals surface area contributed by atoms with Crippen LogP contribution in [0.5, 0.6) is 0 Å².